The van der Waals surface area contributed by atoms with Crippen molar-refractivity contribution in [2.24, 2.45) is 0 Å². The minimum absolute atomic E-state index is 0.0540. The highest BCUT2D eigenvalue weighted by Gasteiger charge is 2.19. The predicted molar refractivity (Wildman–Crippen MR) is 141 cm³/mol. The number of nitrogens with two attached hydrogens (primary N) is 1. The molecule has 0 unspecified atom stereocenters. The monoisotopic (exact) mass is 484 g/mol. The molecule has 0 atom stereocenters. The van der Waals surface area contributed by atoms with Crippen molar-refractivity contribution >= 4 is 23.3 Å². The maximum absolute atomic E-state index is 12.9. The van der Waals surface area contributed by atoms with Crippen LogP contribution in [0.5, 0.6) is 0 Å². The van der Waals surface area contributed by atoms with E-state index in [0.29, 0.717) is 12.3 Å². The number of nitrogens with zero attached hydrogens (tertiary/aromatic N) is 6. The molecule has 9 nitrogen and oxygen atoms in total. The van der Waals surface area contributed by atoms with Gasteiger partial charge in [-0.05, 0) is 37.1 Å². The molecule has 3 heterocycles. The van der Waals surface area contributed by atoms with Crippen LogP contribution in [-0.4, -0.2) is 56.6 Å². The molecule has 1 aliphatic heterocycles. The van der Waals surface area contributed by atoms with E-state index in [2.05, 4.69) is 78.7 Å². The topological polar surface area (TPSA) is 105 Å². The molecule has 5 rings (SSSR count). The van der Waals surface area contributed by atoms with Crippen LogP contribution in [0, 0.1) is 13.8 Å². The van der Waals surface area contributed by atoms with Gasteiger partial charge < -0.3 is 16.0 Å². The van der Waals surface area contributed by atoms with Gasteiger partial charge in [0.1, 0.15) is 0 Å². The van der Waals surface area contributed by atoms with Crippen LogP contribution in [-0.2, 0) is 24.3 Å². The van der Waals surface area contributed by atoms with E-state index in [-0.39, 0.29) is 18.3 Å². The molecule has 2 aromatic carbocycles. The summed E-state index contributed by atoms with van der Waals surface area (Å²) in [6.45, 7) is 9.20. The number of para-hydroxylation sites is 1. The van der Waals surface area contributed by atoms with Crippen LogP contribution in [0.1, 0.15) is 28.1 Å². The Morgan fingerprint density at radius 1 is 0.944 bits per heavy atom. The number of nitrogens with one attached hydrogen (secondary N) is 1. The summed E-state index contributed by atoms with van der Waals surface area (Å²) in [5, 5.41) is 7.28. The lowest BCUT2D eigenvalue weighted by atomic mass is 10.1. The third kappa shape index (κ3) is 5.16. The number of benzene rings is 2. The van der Waals surface area contributed by atoms with E-state index >= 15 is 0 Å². The van der Waals surface area contributed by atoms with Crippen LogP contribution in [0.4, 0.5) is 11.6 Å². The van der Waals surface area contributed by atoms with E-state index < -0.39 is 0 Å². The van der Waals surface area contributed by atoms with Gasteiger partial charge >= 0.3 is 0 Å². The fraction of sp³-hybridized carbons (Fsp3) is 0.333. The first-order chi connectivity index (χ1) is 17.5. The zero-order valence-corrected chi connectivity index (χ0v) is 20.8. The molecule has 1 aliphatic rings. The zero-order valence-electron chi connectivity index (χ0n) is 20.8. The second kappa shape index (κ2) is 10.3. The number of aryl methyl sites for hydroxylation is 2. The molecule has 186 valence electrons. The Balaban J connectivity index is 1.19. The summed E-state index contributed by atoms with van der Waals surface area (Å²) < 4.78 is 1.60. The van der Waals surface area contributed by atoms with Gasteiger partial charge in [0, 0.05) is 61.9 Å². The summed E-state index contributed by atoms with van der Waals surface area (Å²) in [5.74, 6) is 0.566. The van der Waals surface area contributed by atoms with Crippen molar-refractivity contribution in [3.8, 4) is 0 Å². The summed E-state index contributed by atoms with van der Waals surface area (Å²) in [7, 11) is 0. The molecule has 0 saturated carbocycles. The van der Waals surface area contributed by atoms with Gasteiger partial charge in [-0.2, -0.15) is 9.50 Å². The zero-order chi connectivity index (χ0) is 25.1. The van der Waals surface area contributed by atoms with Crippen LogP contribution in [0.15, 0.2) is 54.6 Å². The molecule has 1 saturated heterocycles. The summed E-state index contributed by atoms with van der Waals surface area (Å²) in [6.07, 6.45) is 0.226. The Kier molecular flexibility index (Phi) is 6.81. The quantitative estimate of drug-likeness (QED) is 0.415. The normalized spacial score (nSPS) is 14.3. The number of carbonyl (C=O) groups is 1. The molecule has 0 aliphatic carbocycles. The molecular formula is C27H32N8O. The van der Waals surface area contributed by atoms with Crippen molar-refractivity contribution in [1.29, 1.82) is 0 Å². The Morgan fingerprint density at radius 2 is 1.64 bits per heavy atom. The second-order valence-corrected chi connectivity index (χ2v) is 9.26. The minimum Gasteiger partial charge on any atom is -0.369 e. The molecule has 9 heteroatoms. The van der Waals surface area contributed by atoms with E-state index in [9.17, 15) is 4.79 Å². The van der Waals surface area contributed by atoms with E-state index in [1.165, 1.54) is 11.3 Å². The average Bonchev–Trinajstić information content (AvgIpc) is 3.27. The molecule has 36 heavy (non-hydrogen) atoms. The first kappa shape index (κ1) is 23.7. The second-order valence-electron chi connectivity index (χ2n) is 9.26. The Bertz CT molecular complexity index is 1360. The lowest BCUT2D eigenvalue weighted by molar-refractivity contribution is -0.120. The molecule has 2 aromatic heterocycles. The van der Waals surface area contributed by atoms with Crippen LogP contribution < -0.4 is 16.0 Å². The van der Waals surface area contributed by atoms with Crippen molar-refractivity contribution in [3.63, 3.8) is 0 Å². The van der Waals surface area contributed by atoms with Gasteiger partial charge in [-0.1, -0.05) is 42.5 Å². The van der Waals surface area contributed by atoms with Gasteiger partial charge in [-0.3, -0.25) is 9.69 Å². The van der Waals surface area contributed by atoms with Crippen LogP contribution >= 0.6 is 0 Å². The lowest BCUT2D eigenvalue weighted by Gasteiger charge is -2.36. The number of aromatic nitrogens is 4. The fourth-order valence-corrected chi connectivity index (χ4v) is 4.82. The number of anilines is 2. The molecule has 1 amide bonds. The Morgan fingerprint density at radius 3 is 2.39 bits per heavy atom. The highest BCUT2D eigenvalue weighted by molar-refractivity contribution is 5.79. The number of rotatable bonds is 7. The highest BCUT2D eigenvalue weighted by atomic mass is 16.1. The first-order valence-corrected chi connectivity index (χ1v) is 12.3. The standard InChI is InChI=1S/C27H32N8O/c1-19-24(20(2)35-27(30-19)31-26(28)32-35)16-25(36)29-17-21-8-6-7-9-22(21)18-33-12-14-34(15-13-33)23-10-4-3-5-11-23/h3-11H,12-18H2,1-2H3,(H2,28,32)(H,29,36). The third-order valence-electron chi connectivity index (χ3n) is 6.88. The van der Waals surface area contributed by atoms with Gasteiger partial charge in [-0.25, -0.2) is 4.98 Å². The molecule has 0 spiro atoms. The molecule has 4 aromatic rings. The van der Waals surface area contributed by atoms with Crippen molar-refractivity contribution in [1.82, 2.24) is 29.8 Å². The predicted octanol–water partition coefficient (Wildman–Crippen LogP) is 2.50. The highest BCUT2D eigenvalue weighted by Crippen LogP contribution is 2.19. The van der Waals surface area contributed by atoms with Gasteiger partial charge in [0.05, 0.1) is 6.42 Å². The Labute approximate surface area is 211 Å². The molecule has 0 bridgehead atoms. The van der Waals surface area contributed by atoms with Crippen LogP contribution in [0.25, 0.3) is 5.78 Å². The SMILES string of the molecule is Cc1nc2nc(N)nn2c(C)c1CC(=O)NCc1ccccc1CN1CCN(c2ccccc2)CC1. The van der Waals surface area contributed by atoms with E-state index in [0.717, 1.165) is 55.2 Å². The number of hydrogen-bond acceptors (Lipinski definition) is 7. The van der Waals surface area contributed by atoms with E-state index in [1.54, 1.807) is 4.52 Å². The average molecular weight is 485 g/mol. The lowest BCUT2D eigenvalue weighted by Crippen LogP contribution is -2.46. The van der Waals surface area contributed by atoms with Crippen molar-refractivity contribution < 1.29 is 4.79 Å². The smallest absolute Gasteiger partial charge is 0.254 e. The number of fused-ring (bicyclic) bond motifs is 1. The molecule has 1 fully saturated rings. The van der Waals surface area contributed by atoms with Crippen molar-refractivity contribution in [2.45, 2.75) is 33.4 Å². The molecule has 0 radical (unpaired) electrons. The maximum atomic E-state index is 12.9. The van der Waals surface area contributed by atoms with Crippen LogP contribution in [0.2, 0.25) is 0 Å². The largest absolute Gasteiger partial charge is 0.369 e. The minimum atomic E-state index is -0.0540. The maximum Gasteiger partial charge on any atom is 0.254 e. The van der Waals surface area contributed by atoms with Crippen LogP contribution in [0.3, 0.4) is 0 Å². The number of amides is 1. The van der Waals surface area contributed by atoms with Gasteiger partial charge in [0.25, 0.3) is 5.78 Å². The summed E-state index contributed by atoms with van der Waals surface area (Å²) in [4.78, 5) is 26.4. The summed E-state index contributed by atoms with van der Waals surface area (Å²) in [6, 6.07) is 18.9. The van der Waals surface area contributed by atoms with Crippen molar-refractivity contribution in [3.05, 3.63) is 82.7 Å². The number of piperazine rings is 1. The van der Waals surface area contributed by atoms with Gasteiger partial charge in [-0.15, -0.1) is 5.10 Å². The van der Waals surface area contributed by atoms with Gasteiger partial charge in [0.2, 0.25) is 11.9 Å². The first-order valence-electron chi connectivity index (χ1n) is 12.3. The van der Waals surface area contributed by atoms with E-state index in [4.69, 9.17) is 5.73 Å². The summed E-state index contributed by atoms with van der Waals surface area (Å²) >= 11 is 0. The fourth-order valence-electron chi connectivity index (χ4n) is 4.82. The number of nitrogen functional groups attached to an aromatic ring is 1. The Hall–Kier alpha value is -3.98. The molecular weight excluding hydrogens is 452 g/mol. The number of hydrogen-bond donors (Lipinski definition) is 2. The number of carbonyl (C=O) groups excluding carboxylic acids is 1. The van der Waals surface area contributed by atoms with Gasteiger partial charge in [0.15, 0.2) is 0 Å². The molecule has 3 N–H and O–H groups in total. The van der Waals surface area contributed by atoms with E-state index in [1.807, 2.05) is 19.9 Å². The third-order valence-corrected chi connectivity index (χ3v) is 6.88. The van der Waals surface area contributed by atoms with Crippen molar-refractivity contribution in [2.75, 3.05) is 36.8 Å². The summed E-state index contributed by atoms with van der Waals surface area (Å²) in [5.41, 5.74) is 11.8.